The van der Waals surface area contributed by atoms with E-state index in [-0.39, 0.29) is 11.5 Å². The number of hydrogen-bond donors (Lipinski definition) is 2. The third-order valence-corrected chi connectivity index (χ3v) is 6.32. The molecule has 1 aliphatic carbocycles. The van der Waals surface area contributed by atoms with Crippen LogP contribution in [0.3, 0.4) is 0 Å². The lowest BCUT2D eigenvalue weighted by Gasteiger charge is -2.35. The zero-order valence-corrected chi connectivity index (χ0v) is 14.5. The van der Waals surface area contributed by atoms with E-state index in [0.29, 0.717) is 13.1 Å². The average Bonchev–Trinajstić information content (AvgIpc) is 2.66. The highest BCUT2D eigenvalue weighted by atomic mass is 32.2. The lowest BCUT2D eigenvalue weighted by molar-refractivity contribution is 0.194. The first-order chi connectivity index (χ1) is 10.3. The molecule has 1 heterocycles. The topological polar surface area (TPSA) is 78.5 Å². The van der Waals surface area contributed by atoms with E-state index in [2.05, 4.69) is 23.9 Å². The van der Waals surface area contributed by atoms with Crippen LogP contribution in [0.2, 0.25) is 0 Å². The molecule has 2 aliphatic rings. The Morgan fingerprint density at radius 2 is 1.59 bits per heavy atom. The fraction of sp³-hybridized carbons (Fsp3) is 0.933. The predicted octanol–water partition coefficient (Wildman–Crippen LogP) is 2.38. The molecule has 2 fully saturated rings. The van der Waals surface area contributed by atoms with Gasteiger partial charge in [-0.05, 0) is 31.1 Å². The highest BCUT2D eigenvalue weighted by Crippen LogP contribution is 2.30. The molecule has 2 rings (SSSR count). The summed E-state index contributed by atoms with van der Waals surface area (Å²) < 4.78 is 28.1. The van der Waals surface area contributed by atoms with Crippen LogP contribution in [0, 0.1) is 5.41 Å². The maximum absolute atomic E-state index is 12.3. The molecule has 2 N–H and O–H groups in total. The fourth-order valence-electron chi connectivity index (χ4n) is 3.15. The van der Waals surface area contributed by atoms with E-state index in [1.54, 1.807) is 0 Å². The van der Waals surface area contributed by atoms with Gasteiger partial charge in [0.05, 0.1) is 0 Å². The van der Waals surface area contributed by atoms with Gasteiger partial charge in [0.25, 0.3) is 0 Å². The van der Waals surface area contributed by atoms with Gasteiger partial charge in [0, 0.05) is 19.1 Å². The SMILES string of the molecule is CC1(C)CCN(S(=O)(=O)NC(=O)NC2CCCCCC2)CC1. The molecule has 7 heteroatoms. The lowest BCUT2D eigenvalue weighted by atomic mass is 9.83. The summed E-state index contributed by atoms with van der Waals surface area (Å²) in [4.78, 5) is 12.0. The van der Waals surface area contributed by atoms with Gasteiger partial charge in [-0.2, -0.15) is 12.7 Å². The van der Waals surface area contributed by atoms with Crippen LogP contribution < -0.4 is 10.0 Å². The summed E-state index contributed by atoms with van der Waals surface area (Å²) in [6, 6.07) is -0.491. The number of carbonyl (C=O) groups is 1. The number of rotatable bonds is 3. The van der Waals surface area contributed by atoms with Crippen molar-refractivity contribution in [2.45, 2.75) is 71.3 Å². The number of carbonyl (C=O) groups excluding carboxylic acids is 1. The van der Waals surface area contributed by atoms with Gasteiger partial charge in [0.1, 0.15) is 0 Å². The summed E-state index contributed by atoms with van der Waals surface area (Å²) in [5.41, 5.74) is 0.175. The number of hydrogen-bond acceptors (Lipinski definition) is 3. The lowest BCUT2D eigenvalue weighted by Crippen LogP contribution is -2.52. The van der Waals surface area contributed by atoms with Crippen LogP contribution in [0.15, 0.2) is 0 Å². The van der Waals surface area contributed by atoms with E-state index in [1.807, 2.05) is 0 Å². The molecular formula is C15H29N3O3S. The normalized spacial score (nSPS) is 24.5. The standard InChI is InChI=1S/C15H29N3O3S/c1-15(2)9-11-18(12-10-15)22(20,21)17-14(19)16-13-7-5-3-4-6-8-13/h13H,3-12H2,1-2H3,(H2,16,17,19). The number of urea groups is 1. The van der Waals surface area contributed by atoms with Crippen LogP contribution in [0.1, 0.15) is 65.2 Å². The summed E-state index contributed by atoms with van der Waals surface area (Å²) in [5, 5.41) is 2.81. The van der Waals surface area contributed by atoms with Crippen molar-refractivity contribution in [3.05, 3.63) is 0 Å². The molecule has 0 aromatic carbocycles. The van der Waals surface area contributed by atoms with Crippen LogP contribution in [0.4, 0.5) is 4.79 Å². The van der Waals surface area contributed by atoms with Crippen molar-refractivity contribution in [2.24, 2.45) is 5.41 Å². The van der Waals surface area contributed by atoms with Gasteiger partial charge in [0.15, 0.2) is 0 Å². The minimum atomic E-state index is -3.72. The highest BCUT2D eigenvalue weighted by molar-refractivity contribution is 7.87. The van der Waals surface area contributed by atoms with Crippen molar-refractivity contribution < 1.29 is 13.2 Å². The summed E-state index contributed by atoms with van der Waals surface area (Å²) in [5.74, 6) is 0. The molecule has 0 unspecified atom stereocenters. The molecule has 0 bridgehead atoms. The summed E-state index contributed by atoms with van der Waals surface area (Å²) >= 11 is 0. The Hall–Kier alpha value is -0.820. The van der Waals surface area contributed by atoms with Crippen LogP contribution in [0.25, 0.3) is 0 Å². The molecule has 0 aromatic rings. The van der Waals surface area contributed by atoms with Gasteiger partial charge in [0.2, 0.25) is 0 Å². The zero-order valence-electron chi connectivity index (χ0n) is 13.7. The van der Waals surface area contributed by atoms with Crippen LogP contribution in [-0.2, 0) is 10.2 Å². The third kappa shape index (κ3) is 5.12. The minimum Gasteiger partial charge on any atom is -0.335 e. The summed E-state index contributed by atoms with van der Waals surface area (Å²) in [6.45, 7) is 5.23. The van der Waals surface area contributed by atoms with E-state index in [0.717, 1.165) is 38.5 Å². The molecule has 22 heavy (non-hydrogen) atoms. The molecular weight excluding hydrogens is 302 g/mol. The Morgan fingerprint density at radius 1 is 1.05 bits per heavy atom. The van der Waals surface area contributed by atoms with Gasteiger partial charge in [-0.15, -0.1) is 0 Å². The van der Waals surface area contributed by atoms with E-state index in [4.69, 9.17) is 0 Å². The van der Waals surface area contributed by atoms with E-state index in [9.17, 15) is 13.2 Å². The number of amides is 2. The van der Waals surface area contributed by atoms with E-state index >= 15 is 0 Å². The maximum Gasteiger partial charge on any atom is 0.329 e. The molecule has 0 spiro atoms. The van der Waals surface area contributed by atoms with Crippen molar-refractivity contribution in [2.75, 3.05) is 13.1 Å². The molecule has 0 aromatic heterocycles. The van der Waals surface area contributed by atoms with Crippen molar-refractivity contribution >= 4 is 16.2 Å². The van der Waals surface area contributed by atoms with Crippen molar-refractivity contribution in [3.8, 4) is 0 Å². The molecule has 0 atom stereocenters. The van der Waals surface area contributed by atoms with Gasteiger partial charge in [-0.1, -0.05) is 39.5 Å². The molecule has 0 radical (unpaired) electrons. The Morgan fingerprint density at radius 3 is 2.14 bits per heavy atom. The molecule has 2 amide bonds. The molecule has 1 saturated carbocycles. The zero-order chi connectivity index (χ0) is 16.2. The van der Waals surface area contributed by atoms with Crippen molar-refractivity contribution in [1.29, 1.82) is 0 Å². The maximum atomic E-state index is 12.3. The first-order valence-corrected chi connectivity index (χ1v) is 9.81. The number of nitrogens with zero attached hydrogens (tertiary/aromatic N) is 1. The van der Waals surface area contributed by atoms with Crippen LogP contribution in [0.5, 0.6) is 0 Å². The number of piperidine rings is 1. The quantitative estimate of drug-likeness (QED) is 0.779. The fourth-order valence-corrected chi connectivity index (χ4v) is 4.24. The average molecular weight is 331 g/mol. The first kappa shape index (κ1) is 17.5. The van der Waals surface area contributed by atoms with Crippen molar-refractivity contribution in [1.82, 2.24) is 14.3 Å². The van der Waals surface area contributed by atoms with Gasteiger partial charge in [-0.25, -0.2) is 9.52 Å². The van der Waals surface area contributed by atoms with Gasteiger partial charge in [-0.3, -0.25) is 0 Å². The van der Waals surface area contributed by atoms with Crippen molar-refractivity contribution in [3.63, 3.8) is 0 Å². The van der Waals surface area contributed by atoms with Crippen LogP contribution in [-0.4, -0.2) is 37.9 Å². The largest absolute Gasteiger partial charge is 0.335 e. The van der Waals surface area contributed by atoms with Gasteiger partial charge >= 0.3 is 16.2 Å². The Balaban J connectivity index is 1.84. The molecule has 1 saturated heterocycles. The highest BCUT2D eigenvalue weighted by Gasteiger charge is 2.32. The Bertz CT molecular complexity index is 472. The second kappa shape index (κ2) is 7.17. The predicted molar refractivity (Wildman–Crippen MR) is 86.7 cm³/mol. The monoisotopic (exact) mass is 331 g/mol. The summed E-state index contributed by atoms with van der Waals surface area (Å²) in [7, 11) is -3.72. The number of nitrogens with one attached hydrogen (secondary N) is 2. The van der Waals surface area contributed by atoms with Crippen LogP contribution >= 0.6 is 0 Å². The second-order valence-corrected chi connectivity index (χ2v) is 9.00. The third-order valence-electron chi connectivity index (χ3n) is 4.83. The smallest absolute Gasteiger partial charge is 0.329 e. The summed E-state index contributed by atoms with van der Waals surface area (Å²) in [6.07, 6.45) is 8.09. The molecule has 128 valence electrons. The van der Waals surface area contributed by atoms with E-state index in [1.165, 1.54) is 17.1 Å². The second-order valence-electron chi connectivity index (χ2n) is 7.33. The van der Waals surface area contributed by atoms with E-state index < -0.39 is 16.2 Å². The minimum absolute atomic E-state index is 0.0954. The molecule has 1 aliphatic heterocycles. The molecule has 6 nitrogen and oxygen atoms in total. The first-order valence-electron chi connectivity index (χ1n) is 8.37. The van der Waals surface area contributed by atoms with Gasteiger partial charge < -0.3 is 5.32 Å². The Labute approximate surface area is 134 Å². The Kier molecular flexibility index (Phi) is 5.71.